The van der Waals surface area contributed by atoms with E-state index in [0.29, 0.717) is 22.1 Å². The zero-order chi connectivity index (χ0) is 13.9. The molecule has 1 heterocycles. The van der Waals surface area contributed by atoms with Crippen LogP contribution >= 0.6 is 39.9 Å². The Kier molecular flexibility index (Phi) is 7.24. The van der Waals surface area contributed by atoms with Gasteiger partial charge < -0.3 is 5.32 Å². The zero-order valence-electron chi connectivity index (χ0n) is 10.7. The lowest BCUT2D eigenvalue weighted by Crippen LogP contribution is -2.30. The number of rotatable bonds is 5. The Bertz CT molecular complexity index is 548. The van der Waals surface area contributed by atoms with Gasteiger partial charge in [0.2, 0.25) is 10.0 Å². The Labute approximate surface area is 139 Å². The second-order valence-electron chi connectivity index (χ2n) is 4.56. The van der Waals surface area contributed by atoms with Crippen molar-refractivity contribution in [3.8, 4) is 0 Å². The molecule has 0 bridgehead atoms. The van der Waals surface area contributed by atoms with E-state index in [1.165, 1.54) is 18.6 Å². The van der Waals surface area contributed by atoms with Crippen LogP contribution in [0.5, 0.6) is 0 Å². The van der Waals surface area contributed by atoms with Crippen LogP contribution in [0.1, 0.15) is 19.3 Å². The van der Waals surface area contributed by atoms with Crippen molar-refractivity contribution in [3.05, 3.63) is 27.7 Å². The SMILES string of the molecule is Cl.O=S(=O)(NCC[C@H]1CCCN1)c1ccc(Cl)c(Br)c1. The van der Waals surface area contributed by atoms with Crippen molar-refractivity contribution < 1.29 is 8.42 Å². The van der Waals surface area contributed by atoms with Crippen LogP contribution in [0.15, 0.2) is 27.6 Å². The van der Waals surface area contributed by atoms with Crippen molar-refractivity contribution in [2.24, 2.45) is 0 Å². The molecule has 0 aliphatic carbocycles. The molecule has 0 aromatic heterocycles. The zero-order valence-corrected chi connectivity index (χ0v) is 14.7. The van der Waals surface area contributed by atoms with Crippen molar-refractivity contribution in [2.75, 3.05) is 13.1 Å². The highest BCUT2D eigenvalue weighted by Gasteiger charge is 2.17. The highest BCUT2D eigenvalue weighted by atomic mass is 79.9. The first-order valence-electron chi connectivity index (χ1n) is 6.17. The van der Waals surface area contributed by atoms with Gasteiger partial charge in [-0.05, 0) is 59.9 Å². The summed E-state index contributed by atoms with van der Waals surface area (Å²) in [7, 11) is -3.46. The molecule has 114 valence electrons. The Morgan fingerprint density at radius 3 is 2.80 bits per heavy atom. The van der Waals surface area contributed by atoms with Crippen LogP contribution in [0.3, 0.4) is 0 Å². The molecule has 1 aromatic rings. The summed E-state index contributed by atoms with van der Waals surface area (Å²) in [5, 5.41) is 3.83. The Morgan fingerprint density at radius 1 is 1.45 bits per heavy atom. The number of halogens is 3. The van der Waals surface area contributed by atoms with Gasteiger partial charge in [-0.1, -0.05) is 11.6 Å². The molecule has 0 saturated carbocycles. The maximum atomic E-state index is 12.1. The highest BCUT2D eigenvalue weighted by molar-refractivity contribution is 9.10. The fraction of sp³-hybridized carbons (Fsp3) is 0.500. The molecule has 2 rings (SSSR count). The highest BCUT2D eigenvalue weighted by Crippen LogP contribution is 2.25. The number of sulfonamides is 1. The lowest BCUT2D eigenvalue weighted by atomic mass is 10.2. The fourth-order valence-electron chi connectivity index (χ4n) is 2.10. The standard InChI is InChI=1S/C12H16BrClN2O2S.ClH/c13-11-8-10(3-4-12(11)14)19(17,18)16-7-5-9-2-1-6-15-9;/h3-4,8-9,15-16H,1-2,5-7H2;1H/t9-;/m1./s1. The first-order valence-corrected chi connectivity index (χ1v) is 8.82. The van der Waals surface area contributed by atoms with E-state index in [4.69, 9.17) is 11.6 Å². The summed E-state index contributed by atoms with van der Waals surface area (Å²) < 4.78 is 27.3. The predicted octanol–water partition coefficient (Wildman–Crippen LogP) is 2.94. The lowest BCUT2D eigenvalue weighted by molar-refractivity contribution is 0.539. The van der Waals surface area contributed by atoms with E-state index in [1.807, 2.05) is 0 Å². The van der Waals surface area contributed by atoms with Crippen LogP contribution in [-0.4, -0.2) is 27.5 Å². The van der Waals surface area contributed by atoms with Crippen LogP contribution in [0.25, 0.3) is 0 Å². The van der Waals surface area contributed by atoms with Crippen LogP contribution in [0, 0.1) is 0 Å². The lowest BCUT2D eigenvalue weighted by Gasteiger charge is -2.11. The van der Waals surface area contributed by atoms with Gasteiger partial charge in [-0.15, -0.1) is 12.4 Å². The number of benzene rings is 1. The molecule has 1 saturated heterocycles. The van der Waals surface area contributed by atoms with Crippen LogP contribution in [-0.2, 0) is 10.0 Å². The number of nitrogens with one attached hydrogen (secondary N) is 2. The summed E-state index contributed by atoms with van der Waals surface area (Å²) in [5.74, 6) is 0. The van der Waals surface area contributed by atoms with Gasteiger partial charge in [-0.25, -0.2) is 13.1 Å². The van der Waals surface area contributed by atoms with Gasteiger partial charge in [0, 0.05) is 17.1 Å². The van der Waals surface area contributed by atoms with E-state index in [2.05, 4.69) is 26.0 Å². The normalized spacial score (nSPS) is 18.8. The van der Waals surface area contributed by atoms with E-state index >= 15 is 0 Å². The molecule has 1 aliphatic heterocycles. The van der Waals surface area contributed by atoms with E-state index < -0.39 is 10.0 Å². The Hall–Kier alpha value is 0.150. The minimum absolute atomic E-state index is 0. The monoisotopic (exact) mass is 402 g/mol. The molecule has 1 aromatic carbocycles. The van der Waals surface area contributed by atoms with Gasteiger partial charge in [-0.2, -0.15) is 0 Å². The molecule has 1 fully saturated rings. The van der Waals surface area contributed by atoms with Gasteiger partial charge >= 0.3 is 0 Å². The van der Waals surface area contributed by atoms with Gasteiger partial charge in [0.05, 0.1) is 9.92 Å². The third-order valence-corrected chi connectivity index (χ3v) is 5.82. The molecule has 4 nitrogen and oxygen atoms in total. The van der Waals surface area contributed by atoms with Crippen molar-refractivity contribution in [2.45, 2.75) is 30.2 Å². The molecule has 1 atom stereocenters. The first-order chi connectivity index (χ1) is 8.99. The molecule has 2 N–H and O–H groups in total. The summed E-state index contributed by atoms with van der Waals surface area (Å²) in [6, 6.07) is 5.01. The maximum Gasteiger partial charge on any atom is 0.240 e. The van der Waals surface area contributed by atoms with E-state index in [9.17, 15) is 8.42 Å². The van der Waals surface area contributed by atoms with Crippen LogP contribution < -0.4 is 10.0 Å². The fourth-order valence-corrected chi connectivity index (χ4v) is 3.82. The molecule has 0 amide bonds. The summed E-state index contributed by atoms with van der Waals surface area (Å²) in [6.45, 7) is 1.47. The van der Waals surface area contributed by atoms with Crippen molar-refractivity contribution in [3.63, 3.8) is 0 Å². The van der Waals surface area contributed by atoms with Gasteiger partial charge in [0.15, 0.2) is 0 Å². The summed E-state index contributed by atoms with van der Waals surface area (Å²) in [4.78, 5) is 0.225. The Balaban J connectivity index is 0.00000200. The van der Waals surface area contributed by atoms with E-state index in [0.717, 1.165) is 19.4 Å². The van der Waals surface area contributed by atoms with Gasteiger partial charge in [-0.3, -0.25) is 0 Å². The second-order valence-corrected chi connectivity index (χ2v) is 7.58. The molecular weight excluding hydrogens is 387 g/mol. The molecule has 0 unspecified atom stereocenters. The van der Waals surface area contributed by atoms with Crippen molar-refractivity contribution in [1.82, 2.24) is 10.0 Å². The topological polar surface area (TPSA) is 58.2 Å². The third kappa shape index (κ3) is 4.86. The number of hydrogen-bond donors (Lipinski definition) is 2. The molecule has 1 aliphatic rings. The number of hydrogen-bond acceptors (Lipinski definition) is 3. The van der Waals surface area contributed by atoms with Gasteiger partial charge in [0.1, 0.15) is 0 Å². The smallest absolute Gasteiger partial charge is 0.240 e. The van der Waals surface area contributed by atoms with E-state index in [1.54, 1.807) is 6.07 Å². The maximum absolute atomic E-state index is 12.1. The largest absolute Gasteiger partial charge is 0.314 e. The summed E-state index contributed by atoms with van der Waals surface area (Å²) in [6.07, 6.45) is 3.10. The van der Waals surface area contributed by atoms with Crippen molar-refractivity contribution in [1.29, 1.82) is 0 Å². The molecule has 0 radical (unpaired) electrons. The predicted molar refractivity (Wildman–Crippen MR) is 87.2 cm³/mol. The first kappa shape index (κ1) is 18.2. The minimum Gasteiger partial charge on any atom is -0.314 e. The van der Waals surface area contributed by atoms with Crippen molar-refractivity contribution >= 4 is 50.0 Å². The van der Waals surface area contributed by atoms with Gasteiger partial charge in [0.25, 0.3) is 0 Å². The average molecular weight is 404 g/mol. The Morgan fingerprint density at radius 2 is 2.20 bits per heavy atom. The summed E-state index contributed by atoms with van der Waals surface area (Å²) in [5.41, 5.74) is 0. The molecule has 0 spiro atoms. The third-order valence-electron chi connectivity index (χ3n) is 3.15. The summed E-state index contributed by atoms with van der Waals surface area (Å²) >= 11 is 9.08. The quantitative estimate of drug-likeness (QED) is 0.794. The molecular formula is C12H17BrCl2N2O2S. The molecule has 8 heteroatoms. The molecule has 20 heavy (non-hydrogen) atoms. The second kappa shape index (κ2) is 7.96. The minimum atomic E-state index is -3.46. The average Bonchev–Trinajstić information content (AvgIpc) is 2.85. The van der Waals surface area contributed by atoms with Crippen LogP contribution in [0.4, 0.5) is 0 Å². The van der Waals surface area contributed by atoms with E-state index in [-0.39, 0.29) is 17.3 Å². The van der Waals surface area contributed by atoms with Crippen LogP contribution in [0.2, 0.25) is 5.02 Å².